The van der Waals surface area contributed by atoms with Crippen LogP contribution in [0.5, 0.6) is 5.75 Å². The van der Waals surface area contributed by atoms with Crippen molar-refractivity contribution in [3.63, 3.8) is 0 Å². The first-order valence-corrected chi connectivity index (χ1v) is 25.1. The number of ether oxygens (including phenoxy) is 2. The molecule has 73 heavy (non-hydrogen) atoms. The molecule has 6 heterocycles. The number of fused-ring (bicyclic) bond motifs is 3. The van der Waals surface area contributed by atoms with E-state index in [1.807, 2.05) is 0 Å². The number of imidazole rings is 2. The van der Waals surface area contributed by atoms with Gasteiger partial charge in [-0.15, -0.1) is 0 Å². The second-order valence-electron chi connectivity index (χ2n) is 20.8. The van der Waals surface area contributed by atoms with Gasteiger partial charge < -0.3 is 40.6 Å². The third kappa shape index (κ3) is 10.9. The van der Waals surface area contributed by atoms with Crippen LogP contribution in [-0.4, -0.2) is 154 Å². The van der Waals surface area contributed by atoms with Gasteiger partial charge in [0.25, 0.3) is 17.7 Å². The maximum atomic E-state index is 13.3. The second-order valence-corrected chi connectivity index (χ2v) is 20.8. The Morgan fingerprint density at radius 3 is 2.53 bits per heavy atom. The summed E-state index contributed by atoms with van der Waals surface area (Å²) < 4.78 is 13.6. The van der Waals surface area contributed by atoms with Crippen molar-refractivity contribution in [1.29, 1.82) is 0 Å². The zero-order chi connectivity index (χ0) is 51.7. The van der Waals surface area contributed by atoms with Crippen LogP contribution in [0.15, 0.2) is 49.1 Å². The molecule has 0 radical (unpaired) electrons. The van der Waals surface area contributed by atoms with Gasteiger partial charge in [0.2, 0.25) is 17.7 Å². The molecular formula is C51H64N12O10. The zero-order valence-corrected chi connectivity index (χ0v) is 41.7. The highest BCUT2D eigenvalue weighted by Gasteiger charge is 2.48. The number of nitrogens with one attached hydrogen (secondary N) is 5. The number of imide groups is 2. The summed E-state index contributed by atoms with van der Waals surface area (Å²) in [6.07, 6.45) is 4.27. The average molecular weight is 1010 g/mol. The number of aromatic nitrogens is 6. The van der Waals surface area contributed by atoms with E-state index in [-0.39, 0.29) is 47.7 Å². The number of aliphatic hydroxyl groups is 2. The Bertz CT molecular complexity index is 2910. The number of anilines is 1. The number of rotatable bonds is 20. The maximum absolute atomic E-state index is 13.3. The fourth-order valence-corrected chi connectivity index (χ4v) is 10.2. The predicted octanol–water partition coefficient (Wildman–Crippen LogP) is 2.65. The minimum atomic E-state index is -1.21. The van der Waals surface area contributed by atoms with Crippen LogP contribution in [0, 0.1) is 5.92 Å². The number of piperidine rings is 1. The van der Waals surface area contributed by atoms with Gasteiger partial charge in [-0.25, -0.2) is 19.9 Å². The smallest absolute Gasteiger partial charge is 0.266 e. The number of carbonyl (C=O) groups is 6. The molecule has 9 rings (SSSR count). The fourth-order valence-electron chi connectivity index (χ4n) is 10.2. The summed E-state index contributed by atoms with van der Waals surface area (Å²) in [7, 11) is 0. The molecule has 5 aromatic rings. The van der Waals surface area contributed by atoms with Gasteiger partial charge in [0.05, 0.1) is 35.0 Å². The van der Waals surface area contributed by atoms with E-state index in [0.29, 0.717) is 61.4 Å². The average Bonchev–Trinajstić information content (AvgIpc) is 4.10. The Morgan fingerprint density at radius 1 is 0.973 bits per heavy atom. The van der Waals surface area contributed by atoms with Crippen LogP contribution in [0.25, 0.3) is 22.2 Å². The third-order valence-electron chi connectivity index (χ3n) is 14.3. The Balaban J connectivity index is 0.685. The normalized spacial score (nSPS) is 23.1. The zero-order valence-electron chi connectivity index (χ0n) is 41.7. The molecule has 1 saturated carbocycles. The van der Waals surface area contributed by atoms with Gasteiger partial charge in [0.1, 0.15) is 42.3 Å². The van der Waals surface area contributed by atoms with Gasteiger partial charge in [-0.05, 0) is 93.5 Å². The Labute approximate surface area is 421 Å². The third-order valence-corrected chi connectivity index (χ3v) is 14.3. The van der Waals surface area contributed by atoms with Gasteiger partial charge >= 0.3 is 0 Å². The lowest BCUT2D eigenvalue weighted by Gasteiger charge is -2.46. The molecule has 22 nitrogen and oxygen atoms in total. The number of carbonyl (C=O) groups excluding carboxylic acids is 6. The molecule has 2 saturated heterocycles. The monoisotopic (exact) mass is 1000 g/mol. The number of H-pyrrole nitrogens is 1. The van der Waals surface area contributed by atoms with E-state index in [2.05, 4.69) is 98.9 Å². The molecule has 2 aromatic carbocycles. The van der Waals surface area contributed by atoms with Crippen LogP contribution in [0.3, 0.4) is 0 Å². The van der Waals surface area contributed by atoms with Crippen LogP contribution < -0.4 is 26.0 Å². The molecule has 22 heteroatoms. The Morgan fingerprint density at radius 2 is 1.77 bits per heavy atom. The molecule has 2 unspecified atom stereocenters. The minimum absolute atomic E-state index is 0.00142. The van der Waals surface area contributed by atoms with Gasteiger partial charge in [0.15, 0.2) is 29.8 Å². The first-order chi connectivity index (χ1) is 34.9. The van der Waals surface area contributed by atoms with Crippen molar-refractivity contribution in [3.8, 4) is 5.75 Å². The van der Waals surface area contributed by atoms with Crippen molar-refractivity contribution < 1.29 is 48.5 Å². The summed E-state index contributed by atoms with van der Waals surface area (Å²) in [5.74, 6) is -1.74. The number of nitrogens with zero attached hydrogens (tertiary/aromatic N) is 7. The quantitative estimate of drug-likeness (QED) is 0.0436. The molecule has 3 aliphatic heterocycles. The molecule has 1 aliphatic carbocycles. The molecule has 5 atom stereocenters. The van der Waals surface area contributed by atoms with E-state index >= 15 is 0 Å². The first kappa shape index (κ1) is 51.0. The van der Waals surface area contributed by atoms with Crippen molar-refractivity contribution in [3.05, 3.63) is 71.6 Å². The fraction of sp³-hybridized carbons (Fsp3) is 0.529. The largest absolute Gasteiger partial charge is 0.483 e. The van der Waals surface area contributed by atoms with Crippen LogP contribution >= 0.6 is 0 Å². The van der Waals surface area contributed by atoms with Crippen molar-refractivity contribution in [2.75, 3.05) is 38.1 Å². The van der Waals surface area contributed by atoms with Crippen molar-refractivity contribution >= 4 is 63.5 Å². The van der Waals surface area contributed by atoms with Gasteiger partial charge in [0, 0.05) is 44.6 Å². The summed E-state index contributed by atoms with van der Waals surface area (Å²) in [5.41, 5.74) is 4.25. The van der Waals surface area contributed by atoms with Gasteiger partial charge in [-0.1, -0.05) is 32.9 Å². The number of unbranched alkanes of at least 4 members (excludes halogenated alkanes) is 1. The molecular weight excluding hydrogens is 941 g/mol. The van der Waals surface area contributed by atoms with E-state index < -0.39 is 72.6 Å². The van der Waals surface area contributed by atoms with E-state index in [9.17, 15) is 39.0 Å². The lowest BCUT2D eigenvalue weighted by Crippen LogP contribution is -2.54. The lowest BCUT2D eigenvalue weighted by atomic mass is 9.76. The SMILES string of the molecule is CC(C)N(C[C@H]1O[C@@H](n2cnc3c(NCCCCNC(=O)CNC(=O)COc4cccc5c4C(=O)N(C4CCC(=O)NC4=O)C5=O)ncnc32)[C@@H](O)C1O)C1CC(CCc2nc3ccc(C(C)(C)C)cc3[nH]2)C1. The number of hydrogen-bond acceptors (Lipinski definition) is 16. The van der Waals surface area contributed by atoms with Crippen LogP contribution in [0.1, 0.15) is 118 Å². The molecule has 0 spiro atoms. The molecule has 3 fully saturated rings. The van der Waals surface area contributed by atoms with Crippen molar-refractivity contribution in [2.45, 2.75) is 134 Å². The molecule has 3 aromatic heterocycles. The van der Waals surface area contributed by atoms with Crippen LogP contribution in [0.2, 0.25) is 0 Å². The minimum Gasteiger partial charge on any atom is -0.483 e. The molecule has 4 aliphatic rings. The van der Waals surface area contributed by atoms with Crippen molar-refractivity contribution in [2.24, 2.45) is 5.92 Å². The number of benzene rings is 2. The summed E-state index contributed by atoms with van der Waals surface area (Å²) in [5, 5.41) is 33.2. The molecule has 388 valence electrons. The highest BCUT2D eigenvalue weighted by molar-refractivity contribution is 6.24. The first-order valence-electron chi connectivity index (χ1n) is 25.1. The van der Waals surface area contributed by atoms with E-state index in [1.165, 1.54) is 36.4 Å². The highest BCUT2D eigenvalue weighted by atomic mass is 16.6. The highest BCUT2D eigenvalue weighted by Crippen LogP contribution is 2.39. The standard InChI is InChI=1S/C51H64N12O10/c1-27(2)61(30-19-28(20-30)11-15-37-58-32-13-12-29(51(3,4)5)21-33(32)59-37)23-36-43(67)44(68)50(73-36)62-26-57-42-45(55-25-56-46(42)62)53-18-7-6-17-52-39(65)22-54-40(66)24-72-35-10-8-9-31-41(35)49(71)63(48(31)70)34-14-16-38(64)60-47(34)69/h8-10,12-13,21,25-28,30,34,36,43-44,50,67-68H,6-7,11,14-20,22-24H2,1-5H3,(H,52,65)(H,54,66)(H,58,59)(H,53,55,56)(H,60,64,69)/t28?,30?,34?,36-,43?,44+,50-/m1/s1. The maximum Gasteiger partial charge on any atom is 0.266 e. The number of aromatic amines is 1. The van der Waals surface area contributed by atoms with Gasteiger partial charge in [-0.2, -0.15) is 0 Å². The summed E-state index contributed by atoms with van der Waals surface area (Å²) in [6, 6.07) is 10.2. The predicted molar refractivity (Wildman–Crippen MR) is 265 cm³/mol. The molecule has 7 N–H and O–H groups in total. The van der Waals surface area contributed by atoms with E-state index in [1.54, 1.807) is 4.57 Å². The summed E-state index contributed by atoms with van der Waals surface area (Å²) in [6.45, 7) is 11.3. The van der Waals surface area contributed by atoms with Gasteiger partial charge in [-0.3, -0.25) is 48.5 Å². The Kier molecular flexibility index (Phi) is 14.9. The Hall–Kier alpha value is -6.88. The van der Waals surface area contributed by atoms with Crippen LogP contribution in [0.4, 0.5) is 5.82 Å². The number of hydrogen-bond donors (Lipinski definition) is 7. The second kappa shape index (κ2) is 21.3. The molecule has 0 bridgehead atoms. The van der Waals surface area contributed by atoms with Crippen molar-refractivity contribution in [1.82, 2.24) is 55.2 Å². The summed E-state index contributed by atoms with van der Waals surface area (Å²) >= 11 is 0. The number of aliphatic hydroxyl groups excluding tert-OH is 2. The van der Waals surface area contributed by atoms with E-state index in [0.717, 1.165) is 47.4 Å². The lowest BCUT2D eigenvalue weighted by molar-refractivity contribution is -0.136. The van der Waals surface area contributed by atoms with E-state index in [4.69, 9.17) is 14.5 Å². The number of aryl methyl sites for hydroxylation is 1. The molecule has 6 amide bonds. The summed E-state index contributed by atoms with van der Waals surface area (Å²) in [4.78, 5) is 100. The number of amides is 6. The topological polar surface area (TPSA) is 288 Å². The van der Waals surface area contributed by atoms with Crippen LogP contribution in [-0.2, 0) is 35.8 Å².